The molecule has 405 valence electrons. The number of fused-ring (bicyclic) bond motifs is 3. The Bertz CT molecular complexity index is 3030. The fourth-order valence-electron chi connectivity index (χ4n) is 7.81. The number of pyridine rings is 1. The van der Waals surface area contributed by atoms with Crippen LogP contribution in [0.2, 0.25) is 0 Å². The summed E-state index contributed by atoms with van der Waals surface area (Å²) < 4.78 is 59.2. The number of rotatable bonds is 10. The number of carbonyl (C=O) groups excluding carboxylic acids is 2. The Kier molecular flexibility index (Phi) is 25.3. The minimum Gasteiger partial charge on any atom is -0.0620 e. The summed E-state index contributed by atoms with van der Waals surface area (Å²) in [6.45, 7) is 6.11. The molecule has 1 heterocycles. The maximum atomic E-state index is 9.87. The van der Waals surface area contributed by atoms with Crippen LogP contribution in [0.5, 0.6) is 0 Å². The van der Waals surface area contributed by atoms with E-state index >= 15 is 0 Å². The summed E-state index contributed by atoms with van der Waals surface area (Å²) in [6.07, 6.45) is 8.49. The van der Waals surface area contributed by atoms with E-state index in [1.165, 1.54) is 86.8 Å². The number of nitrogens with zero attached hydrogens (tertiary/aromatic N) is 1. The van der Waals surface area contributed by atoms with Gasteiger partial charge in [-0.3, -0.25) is 4.98 Å². The normalized spacial score (nSPS) is 11.4. The van der Waals surface area contributed by atoms with Gasteiger partial charge in [0.05, 0.1) is 21.4 Å². The van der Waals surface area contributed by atoms with E-state index in [0.717, 1.165) is 18.4 Å². The van der Waals surface area contributed by atoms with E-state index in [-0.39, 0.29) is 31.0 Å². The van der Waals surface area contributed by atoms with Crippen molar-refractivity contribution in [3.63, 3.8) is 0 Å². The molecule has 0 bridgehead atoms. The van der Waals surface area contributed by atoms with Gasteiger partial charge in [0.2, 0.25) is 0 Å². The van der Waals surface area contributed by atoms with Crippen LogP contribution in [0.25, 0.3) is 27.8 Å². The SMILES string of the molecule is C(=C\c1cccc2ccc3cccnc3c12)/CCc1ccccc1.CC(C)=O.CC(C)=O.F[P-](F)(F)(F)(F)F.[Rh].c1ccc([PH+](c2ccccc2)c2ccccc2)cc1.c1ccc([PH+](c2ccccc2)c2ccccc2)cc1. The Morgan fingerprint density at radius 2 is 0.705 bits per heavy atom. The zero-order valence-corrected chi connectivity index (χ0v) is 48.2. The Morgan fingerprint density at radius 1 is 0.410 bits per heavy atom. The van der Waals surface area contributed by atoms with Gasteiger partial charge in [-0.05, 0) is 136 Å². The van der Waals surface area contributed by atoms with Crippen LogP contribution < -0.4 is 31.8 Å². The fourth-order valence-corrected chi connectivity index (χ4v) is 13.0. The fraction of sp³-hybridized carbons (Fsp3) is 0.0923. The number of aryl methyl sites for hydroxylation is 1. The average molecular weight is 1200 g/mol. The minimum atomic E-state index is -10.7. The van der Waals surface area contributed by atoms with Crippen molar-refractivity contribution in [2.45, 2.75) is 40.5 Å². The van der Waals surface area contributed by atoms with Gasteiger partial charge in [0.15, 0.2) is 0 Å². The molecule has 0 fully saturated rings. The second-order valence-electron chi connectivity index (χ2n) is 17.7. The van der Waals surface area contributed by atoms with E-state index in [1.54, 1.807) is 0 Å². The molecule has 0 amide bonds. The largest absolute Gasteiger partial charge is 0.102 e. The molecule has 1 aromatic heterocycles. The molecule has 0 N–H and O–H groups in total. The van der Waals surface area contributed by atoms with Crippen LogP contribution in [0.15, 0.2) is 267 Å². The number of benzene rings is 9. The van der Waals surface area contributed by atoms with Gasteiger partial charge in [0, 0.05) is 36.4 Å². The van der Waals surface area contributed by atoms with E-state index < -0.39 is 23.7 Å². The van der Waals surface area contributed by atoms with Crippen LogP contribution in [0, 0.1) is 0 Å². The predicted molar refractivity (Wildman–Crippen MR) is 322 cm³/mol. The molecular formula is C65H63F6NO2P3Rh+. The quantitative estimate of drug-likeness (QED) is 0.0593. The van der Waals surface area contributed by atoms with E-state index in [4.69, 9.17) is 0 Å². The number of allylic oxidation sites excluding steroid dienone is 1. The van der Waals surface area contributed by atoms with E-state index in [2.05, 4.69) is 266 Å². The number of aromatic nitrogens is 1. The molecule has 1 radical (unpaired) electrons. The Hall–Kier alpha value is -6.78. The summed E-state index contributed by atoms with van der Waals surface area (Å²) in [7, 11) is -12.4. The third-order valence-corrected chi connectivity index (χ3v) is 16.2. The molecule has 0 saturated heterocycles. The smallest absolute Gasteiger partial charge is 0.0620 e. The van der Waals surface area contributed by atoms with Gasteiger partial charge in [-0.1, -0.05) is 188 Å². The number of ketones is 2. The van der Waals surface area contributed by atoms with E-state index in [0.29, 0.717) is 0 Å². The standard InChI is InChI=1S/C23H19N.2C18H15P.2C3H6O.F6P.Rh/c1-2-8-18(9-3-1)10-4-5-11-19-12-6-13-20-15-16-21-14-7-17-24-23(21)22(19)20;2*1-4-10-16(11-5-1)19(17-12-6-2-7-13-17)18-14-8-3-9-15-18;2*1-3(2)4;1-7(2,3,4,5)6;/h1-3,5-9,11-17H,4,10H2;2*1-15H;2*1-2H3;;/q;;;;;-1;/p+2/b11-5+;;;;;;. The first-order chi connectivity index (χ1) is 36.7. The van der Waals surface area contributed by atoms with Gasteiger partial charge < -0.3 is 9.59 Å². The molecule has 9 aromatic carbocycles. The molecule has 0 aliphatic carbocycles. The third-order valence-electron chi connectivity index (χ3n) is 10.8. The predicted octanol–water partition coefficient (Wildman–Crippen LogP) is 17.0. The van der Waals surface area contributed by atoms with Crippen molar-refractivity contribution in [2.75, 3.05) is 0 Å². The monoisotopic (exact) mass is 1200 g/mol. The molecule has 78 heavy (non-hydrogen) atoms. The van der Waals surface area contributed by atoms with Gasteiger partial charge in [0.25, 0.3) is 0 Å². The van der Waals surface area contributed by atoms with Crippen molar-refractivity contribution in [3.05, 3.63) is 278 Å². The minimum absolute atomic E-state index is 0. The van der Waals surface area contributed by atoms with Crippen LogP contribution in [-0.4, -0.2) is 16.6 Å². The first-order valence-electron chi connectivity index (χ1n) is 24.8. The van der Waals surface area contributed by atoms with E-state index in [1.807, 2.05) is 12.3 Å². The summed E-state index contributed by atoms with van der Waals surface area (Å²) in [5, 5.41) is 12.3. The summed E-state index contributed by atoms with van der Waals surface area (Å²) >= 11 is 0. The average Bonchev–Trinajstić information content (AvgIpc) is 3.42. The van der Waals surface area contributed by atoms with Gasteiger partial charge in [-0.15, -0.1) is 0 Å². The summed E-state index contributed by atoms with van der Waals surface area (Å²) in [5.41, 5.74) is 3.70. The van der Waals surface area contributed by atoms with Gasteiger partial charge in [0.1, 0.15) is 43.4 Å². The summed E-state index contributed by atoms with van der Waals surface area (Å²) in [5.74, 6) is 0.333. The van der Waals surface area contributed by atoms with Crippen LogP contribution in [0.3, 0.4) is 0 Å². The maximum Gasteiger partial charge on any atom is 0.102 e. The Morgan fingerprint density at radius 3 is 1.04 bits per heavy atom. The number of hydrogen-bond donors (Lipinski definition) is 0. The van der Waals surface area contributed by atoms with Gasteiger partial charge in [-0.2, -0.15) is 0 Å². The zero-order valence-electron chi connectivity index (χ0n) is 43.7. The molecule has 0 saturated carbocycles. The van der Waals surface area contributed by atoms with Gasteiger partial charge in [-0.25, -0.2) is 0 Å². The van der Waals surface area contributed by atoms with Crippen molar-refractivity contribution >= 4 is 94.8 Å². The number of Topliss-reactive ketones (excluding diaryl/α,β-unsaturated/α-hetero) is 2. The van der Waals surface area contributed by atoms with Gasteiger partial charge >= 0.3 is 33.0 Å². The number of halogens is 6. The first kappa shape index (κ1) is 63.8. The van der Waals surface area contributed by atoms with Crippen molar-refractivity contribution in [1.82, 2.24) is 4.98 Å². The van der Waals surface area contributed by atoms with Crippen molar-refractivity contribution < 1.29 is 54.2 Å². The number of hydrogen-bond acceptors (Lipinski definition) is 3. The summed E-state index contributed by atoms with van der Waals surface area (Å²) in [4.78, 5) is 23.5. The van der Waals surface area contributed by atoms with E-state index in [9.17, 15) is 34.8 Å². The van der Waals surface area contributed by atoms with Crippen molar-refractivity contribution in [2.24, 2.45) is 0 Å². The van der Waals surface area contributed by atoms with Crippen LogP contribution >= 0.6 is 23.7 Å². The molecule has 10 aromatic rings. The van der Waals surface area contributed by atoms with Crippen LogP contribution in [-0.2, 0) is 35.5 Å². The maximum absolute atomic E-state index is 10.7. The van der Waals surface area contributed by atoms with Crippen LogP contribution in [0.4, 0.5) is 25.2 Å². The molecule has 0 aliphatic rings. The molecule has 0 atom stereocenters. The molecule has 0 unspecified atom stereocenters. The molecule has 0 spiro atoms. The van der Waals surface area contributed by atoms with Crippen molar-refractivity contribution in [1.29, 1.82) is 0 Å². The molecule has 10 rings (SSSR count). The Balaban J connectivity index is 0.000000223. The van der Waals surface area contributed by atoms with Crippen molar-refractivity contribution in [3.8, 4) is 0 Å². The Labute approximate surface area is 470 Å². The summed E-state index contributed by atoms with van der Waals surface area (Å²) in [6, 6.07) is 90.5. The number of carbonyl (C=O) groups is 2. The third kappa shape index (κ3) is 24.7. The second-order valence-corrected chi connectivity index (χ2v) is 24.6. The van der Waals surface area contributed by atoms with Crippen LogP contribution in [0.1, 0.15) is 45.2 Å². The molecule has 0 aliphatic heterocycles. The molecule has 3 nitrogen and oxygen atoms in total. The molecule has 13 heteroatoms. The molecular weight excluding hydrogens is 1140 g/mol. The second kappa shape index (κ2) is 31.0. The zero-order chi connectivity index (χ0) is 55.6. The first-order valence-corrected chi connectivity index (χ1v) is 29.8. The topological polar surface area (TPSA) is 47.0 Å².